The molecule has 34 heavy (non-hydrogen) atoms. The third kappa shape index (κ3) is 4.32. The molecule has 4 atom stereocenters. The van der Waals surface area contributed by atoms with E-state index in [9.17, 15) is 9.59 Å². The van der Waals surface area contributed by atoms with Crippen molar-refractivity contribution in [3.8, 4) is 0 Å². The fraction of sp³-hybridized carbons (Fsp3) is 0.440. The van der Waals surface area contributed by atoms with E-state index in [1.54, 1.807) is 30.1 Å². The number of carbonyl (C=O) groups is 2. The number of halogens is 2. The Bertz CT molecular complexity index is 1080. The number of amides is 3. The van der Waals surface area contributed by atoms with Crippen molar-refractivity contribution >= 4 is 35.1 Å². The molecule has 0 saturated carbocycles. The van der Waals surface area contributed by atoms with E-state index in [2.05, 4.69) is 46.3 Å². The number of likely N-dealkylation sites (N-methyl/N-ethyl adjacent to an activating group) is 1. The summed E-state index contributed by atoms with van der Waals surface area (Å²) in [7, 11) is 1.76. The molecule has 0 bridgehead atoms. The van der Waals surface area contributed by atoms with Gasteiger partial charge < -0.3 is 4.90 Å². The zero-order chi connectivity index (χ0) is 24.0. The summed E-state index contributed by atoms with van der Waals surface area (Å²) in [6.07, 6.45) is 0.471. The number of fused-ring (bicyclic) bond motifs is 3. The number of imide groups is 1. The van der Waals surface area contributed by atoms with Crippen molar-refractivity contribution < 1.29 is 9.59 Å². The minimum Gasteiger partial charge on any atom is -0.310 e. The van der Waals surface area contributed by atoms with Gasteiger partial charge in [-0.25, -0.2) is 4.79 Å². The quantitative estimate of drug-likeness (QED) is 0.679. The van der Waals surface area contributed by atoms with E-state index in [4.69, 9.17) is 23.2 Å². The molecule has 9 heteroatoms. The van der Waals surface area contributed by atoms with E-state index < -0.39 is 6.04 Å². The standard InChI is InChI=1S/C25H29Cl2N5O2/c1-16-13-30(11-10-17-6-4-3-5-7-17)24-28-22-21(31(24)14-16)23(33)32(25(34)29(22)2)15-18-8-9-19(26)12-20(18)27/h3-9,12,16,21-22,24,28H,10-11,13-15H2,1-2H3. The summed E-state index contributed by atoms with van der Waals surface area (Å²) in [6, 6.07) is 14.8. The van der Waals surface area contributed by atoms with Crippen LogP contribution in [0.4, 0.5) is 4.79 Å². The van der Waals surface area contributed by atoms with Crippen LogP contribution in [0.2, 0.25) is 10.0 Å². The SMILES string of the molecule is CC1CN(CCc2ccccc2)C2NC3C(C(=O)N(Cc4ccc(Cl)cc4Cl)C(=O)N3C)N2C1. The molecule has 180 valence electrons. The molecule has 3 fully saturated rings. The van der Waals surface area contributed by atoms with Crippen molar-refractivity contribution in [2.24, 2.45) is 5.92 Å². The largest absolute Gasteiger partial charge is 0.328 e. The lowest BCUT2D eigenvalue weighted by Gasteiger charge is -2.45. The average molecular weight is 502 g/mol. The second-order valence-electron chi connectivity index (χ2n) is 9.52. The van der Waals surface area contributed by atoms with Crippen LogP contribution in [0.3, 0.4) is 0 Å². The maximum Gasteiger partial charge on any atom is 0.328 e. The first kappa shape index (κ1) is 23.6. The van der Waals surface area contributed by atoms with Gasteiger partial charge in [0, 0.05) is 36.7 Å². The van der Waals surface area contributed by atoms with E-state index in [-0.39, 0.29) is 30.9 Å². The second-order valence-corrected chi connectivity index (χ2v) is 10.4. The highest BCUT2D eigenvalue weighted by molar-refractivity contribution is 6.35. The number of nitrogens with zero attached hydrogens (tertiary/aromatic N) is 4. The van der Waals surface area contributed by atoms with Gasteiger partial charge in [-0.05, 0) is 35.6 Å². The Kier molecular flexibility index (Phi) is 6.57. The Morgan fingerprint density at radius 3 is 2.56 bits per heavy atom. The van der Waals surface area contributed by atoms with E-state index in [1.165, 1.54) is 10.5 Å². The first-order valence-electron chi connectivity index (χ1n) is 11.7. The first-order chi connectivity index (χ1) is 16.3. The van der Waals surface area contributed by atoms with Gasteiger partial charge in [0.1, 0.15) is 18.5 Å². The number of hydrogen-bond donors (Lipinski definition) is 1. The Morgan fingerprint density at radius 1 is 1.06 bits per heavy atom. The lowest BCUT2D eigenvalue weighted by atomic mass is 10.0. The molecule has 4 unspecified atom stereocenters. The predicted molar refractivity (Wildman–Crippen MR) is 132 cm³/mol. The van der Waals surface area contributed by atoms with Crippen LogP contribution in [-0.4, -0.2) is 76.7 Å². The van der Waals surface area contributed by atoms with Crippen molar-refractivity contribution in [1.82, 2.24) is 24.9 Å². The molecule has 3 heterocycles. The van der Waals surface area contributed by atoms with Crippen molar-refractivity contribution in [3.63, 3.8) is 0 Å². The number of nitrogens with one attached hydrogen (secondary N) is 1. The maximum atomic E-state index is 13.7. The minimum absolute atomic E-state index is 0.0896. The van der Waals surface area contributed by atoms with Crippen LogP contribution in [0.25, 0.3) is 0 Å². The highest BCUT2D eigenvalue weighted by Gasteiger charge is 2.56. The van der Waals surface area contributed by atoms with Crippen LogP contribution in [0.1, 0.15) is 18.1 Å². The van der Waals surface area contributed by atoms with E-state index in [0.29, 0.717) is 21.5 Å². The number of hydrogen-bond acceptors (Lipinski definition) is 5. The number of benzene rings is 2. The summed E-state index contributed by atoms with van der Waals surface area (Å²) in [5.74, 6) is 0.216. The molecule has 3 saturated heterocycles. The molecule has 0 aliphatic carbocycles. The van der Waals surface area contributed by atoms with Crippen LogP contribution in [0.5, 0.6) is 0 Å². The third-order valence-corrected chi connectivity index (χ3v) is 7.63. The van der Waals surface area contributed by atoms with Crippen molar-refractivity contribution in [2.45, 2.75) is 38.4 Å². The average Bonchev–Trinajstić information content (AvgIpc) is 3.20. The molecule has 1 N–H and O–H groups in total. The van der Waals surface area contributed by atoms with Gasteiger partial charge in [0.15, 0.2) is 0 Å². The van der Waals surface area contributed by atoms with E-state index in [0.717, 1.165) is 26.1 Å². The molecule has 0 spiro atoms. The summed E-state index contributed by atoms with van der Waals surface area (Å²) in [6.45, 7) is 4.94. The molecular weight excluding hydrogens is 473 g/mol. The van der Waals surface area contributed by atoms with Crippen LogP contribution in [0.15, 0.2) is 48.5 Å². The summed E-state index contributed by atoms with van der Waals surface area (Å²) < 4.78 is 0. The molecular formula is C25H29Cl2N5O2. The first-order valence-corrected chi connectivity index (χ1v) is 12.4. The third-order valence-electron chi connectivity index (χ3n) is 7.05. The Hall–Kier alpha value is -2.16. The van der Waals surface area contributed by atoms with Crippen molar-refractivity contribution in [2.75, 3.05) is 26.7 Å². The molecule has 3 aliphatic rings. The molecule has 3 amide bonds. The van der Waals surface area contributed by atoms with Gasteiger partial charge in [-0.1, -0.05) is 66.5 Å². The van der Waals surface area contributed by atoms with Gasteiger partial charge in [0.2, 0.25) is 0 Å². The topological polar surface area (TPSA) is 59.1 Å². The molecule has 2 aromatic rings. The van der Waals surface area contributed by atoms with Gasteiger partial charge in [0.05, 0.1) is 6.54 Å². The second kappa shape index (κ2) is 9.47. The number of urea groups is 1. The van der Waals surface area contributed by atoms with E-state index in [1.807, 2.05) is 6.07 Å². The van der Waals surface area contributed by atoms with Gasteiger partial charge >= 0.3 is 6.03 Å². The van der Waals surface area contributed by atoms with Crippen LogP contribution in [-0.2, 0) is 17.8 Å². The van der Waals surface area contributed by atoms with Gasteiger partial charge in [0.25, 0.3) is 5.91 Å². The lowest BCUT2D eigenvalue weighted by Crippen LogP contribution is -2.66. The number of carbonyl (C=O) groups excluding carboxylic acids is 2. The Labute approximate surface area is 210 Å². The summed E-state index contributed by atoms with van der Waals surface area (Å²) in [5, 5.41) is 4.54. The van der Waals surface area contributed by atoms with Gasteiger partial charge in [-0.2, -0.15) is 0 Å². The molecule has 5 rings (SSSR count). The predicted octanol–water partition coefficient (Wildman–Crippen LogP) is 3.47. The molecule has 7 nitrogen and oxygen atoms in total. The van der Waals surface area contributed by atoms with Crippen LogP contribution < -0.4 is 5.32 Å². The highest BCUT2D eigenvalue weighted by Crippen LogP contribution is 2.33. The van der Waals surface area contributed by atoms with Crippen molar-refractivity contribution in [3.05, 3.63) is 69.7 Å². The van der Waals surface area contributed by atoms with Crippen LogP contribution in [0, 0.1) is 5.92 Å². The number of rotatable bonds is 5. The summed E-state index contributed by atoms with van der Waals surface area (Å²) in [5.41, 5.74) is 1.98. The normalized spacial score (nSPS) is 27.8. The lowest BCUT2D eigenvalue weighted by molar-refractivity contribution is -0.141. The van der Waals surface area contributed by atoms with Gasteiger partial charge in [-0.3, -0.25) is 24.8 Å². The minimum atomic E-state index is -0.444. The summed E-state index contributed by atoms with van der Waals surface area (Å²) in [4.78, 5) is 34.5. The zero-order valence-electron chi connectivity index (χ0n) is 19.3. The van der Waals surface area contributed by atoms with Crippen LogP contribution >= 0.6 is 23.2 Å². The molecule has 2 aromatic carbocycles. The zero-order valence-corrected chi connectivity index (χ0v) is 20.8. The Balaban J connectivity index is 1.37. The fourth-order valence-corrected chi connectivity index (χ4v) is 5.85. The Morgan fingerprint density at radius 2 is 1.82 bits per heavy atom. The molecule has 3 aliphatic heterocycles. The fourth-order valence-electron chi connectivity index (χ4n) is 5.38. The molecule has 0 radical (unpaired) electrons. The van der Waals surface area contributed by atoms with Crippen molar-refractivity contribution in [1.29, 1.82) is 0 Å². The summed E-state index contributed by atoms with van der Waals surface area (Å²) >= 11 is 12.4. The maximum absolute atomic E-state index is 13.7. The monoisotopic (exact) mass is 501 g/mol. The highest BCUT2D eigenvalue weighted by atomic mass is 35.5. The smallest absolute Gasteiger partial charge is 0.310 e. The van der Waals surface area contributed by atoms with Gasteiger partial charge in [-0.15, -0.1) is 0 Å². The molecule has 0 aromatic heterocycles. The van der Waals surface area contributed by atoms with E-state index >= 15 is 0 Å².